The van der Waals surface area contributed by atoms with Crippen molar-refractivity contribution in [2.45, 2.75) is 31.3 Å². The van der Waals surface area contributed by atoms with Crippen molar-refractivity contribution < 1.29 is 4.39 Å². The molecule has 1 saturated heterocycles. The van der Waals surface area contributed by atoms with Gasteiger partial charge in [0.05, 0.1) is 5.69 Å². The maximum atomic E-state index is 13.6. The average molecular weight is 255 g/mol. The topological polar surface area (TPSA) is 15.3 Å². The van der Waals surface area contributed by atoms with Gasteiger partial charge in [-0.15, -0.1) is 0 Å². The van der Waals surface area contributed by atoms with Gasteiger partial charge in [-0.2, -0.15) is 0 Å². The van der Waals surface area contributed by atoms with Gasteiger partial charge in [0.15, 0.2) is 0 Å². The third-order valence-electron chi connectivity index (χ3n) is 3.57. The lowest BCUT2D eigenvalue weighted by Gasteiger charge is -2.17. The zero-order valence-electron chi connectivity index (χ0n) is 9.63. The standard InChI is InChI=1S/C13H16ClFN2/c14-9-1-4-12(15)13(7-9)16-10-5-6-17(8-10)11-2-3-11/h1,4,7,10-11,16H,2-3,5-6,8H2. The minimum Gasteiger partial charge on any atom is -0.379 e. The number of hydrogen-bond acceptors (Lipinski definition) is 2. The van der Waals surface area contributed by atoms with Crippen LogP contribution in [-0.2, 0) is 0 Å². The van der Waals surface area contributed by atoms with Crippen LogP contribution in [0.3, 0.4) is 0 Å². The summed E-state index contributed by atoms with van der Waals surface area (Å²) in [6.45, 7) is 2.15. The zero-order valence-corrected chi connectivity index (χ0v) is 10.4. The van der Waals surface area contributed by atoms with Crippen molar-refractivity contribution in [2.75, 3.05) is 18.4 Å². The number of halogens is 2. The number of nitrogens with zero attached hydrogens (tertiary/aromatic N) is 1. The molecule has 2 aliphatic rings. The molecule has 1 aromatic carbocycles. The fourth-order valence-electron chi connectivity index (χ4n) is 2.50. The van der Waals surface area contributed by atoms with E-state index in [0.717, 1.165) is 25.6 Å². The van der Waals surface area contributed by atoms with Gasteiger partial charge in [-0.1, -0.05) is 11.6 Å². The minimum atomic E-state index is -0.223. The fraction of sp³-hybridized carbons (Fsp3) is 0.538. The Morgan fingerprint density at radius 3 is 2.88 bits per heavy atom. The summed E-state index contributed by atoms with van der Waals surface area (Å²) in [4.78, 5) is 2.50. The molecule has 2 fully saturated rings. The molecular weight excluding hydrogens is 239 g/mol. The average Bonchev–Trinajstić information content (AvgIpc) is 3.05. The number of anilines is 1. The first-order valence-corrected chi connectivity index (χ1v) is 6.56. The van der Waals surface area contributed by atoms with E-state index in [0.29, 0.717) is 16.8 Å². The highest BCUT2D eigenvalue weighted by Crippen LogP contribution is 2.31. The van der Waals surface area contributed by atoms with Crippen molar-refractivity contribution in [3.63, 3.8) is 0 Å². The van der Waals surface area contributed by atoms with Gasteiger partial charge >= 0.3 is 0 Å². The highest BCUT2D eigenvalue weighted by Gasteiger charge is 2.34. The molecule has 1 atom stereocenters. The van der Waals surface area contributed by atoms with Crippen LogP contribution in [0.1, 0.15) is 19.3 Å². The Hall–Kier alpha value is -0.800. The fourth-order valence-corrected chi connectivity index (χ4v) is 2.68. The maximum absolute atomic E-state index is 13.6. The van der Waals surface area contributed by atoms with Gasteiger partial charge in [-0.05, 0) is 37.5 Å². The monoisotopic (exact) mass is 254 g/mol. The highest BCUT2D eigenvalue weighted by molar-refractivity contribution is 6.30. The van der Waals surface area contributed by atoms with E-state index in [1.807, 2.05) is 0 Å². The SMILES string of the molecule is Fc1ccc(Cl)cc1NC1CCN(C2CC2)C1. The molecule has 1 heterocycles. The van der Waals surface area contributed by atoms with Crippen LogP contribution in [0, 0.1) is 5.82 Å². The van der Waals surface area contributed by atoms with Crippen molar-refractivity contribution in [1.82, 2.24) is 4.90 Å². The summed E-state index contributed by atoms with van der Waals surface area (Å²) >= 11 is 5.87. The number of benzene rings is 1. The molecule has 2 nitrogen and oxygen atoms in total. The molecule has 1 saturated carbocycles. The van der Waals surface area contributed by atoms with Crippen LogP contribution in [0.4, 0.5) is 10.1 Å². The van der Waals surface area contributed by atoms with E-state index < -0.39 is 0 Å². The minimum absolute atomic E-state index is 0.223. The molecule has 1 aliphatic carbocycles. The lowest BCUT2D eigenvalue weighted by molar-refractivity contribution is 0.326. The van der Waals surface area contributed by atoms with Crippen LogP contribution in [0.15, 0.2) is 18.2 Å². The van der Waals surface area contributed by atoms with Crippen LogP contribution >= 0.6 is 11.6 Å². The maximum Gasteiger partial charge on any atom is 0.146 e. The molecule has 0 spiro atoms. The number of hydrogen-bond donors (Lipinski definition) is 1. The molecule has 0 amide bonds. The Morgan fingerprint density at radius 2 is 2.12 bits per heavy atom. The number of likely N-dealkylation sites (tertiary alicyclic amines) is 1. The second kappa shape index (κ2) is 4.46. The predicted octanol–water partition coefficient (Wildman–Crippen LogP) is 3.13. The second-order valence-electron chi connectivity index (χ2n) is 4.98. The Labute approximate surface area is 106 Å². The summed E-state index contributed by atoms with van der Waals surface area (Å²) in [6.07, 6.45) is 3.75. The van der Waals surface area contributed by atoms with Crippen molar-refractivity contribution in [3.05, 3.63) is 29.0 Å². The first-order chi connectivity index (χ1) is 8.22. The Bertz CT molecular complexity index is 420. The third-order valence-corrected chi connectivity index (χ3v) is 3.81. The summed E-state index contributed by atoms with van der Waals surface area (Å²) in [7, 11) is 0. The van der Waals surface area contributed by atoms with E-state index in [-0.39, 0.29) is 5.82 Å². The first kappa shape index (κ1) is 11.3. The van der Waals surface area contributed by atoms with Gasteiger partial charge < -0.3 is 5.32 Å². The van der Waals surface area contributed by atoms with Gasteiger partial charge in [0, 0.05) is 30.2 Å². The molecule has 0 bridgehead atoms. The summed E-state index contributed by atoms with van der Waals surface area (Å²) in [5.41, 5.74) is 0.528. The normalized spacial score (nSPS) is 25.2. The van der Waals surface area contributed by atoms with Crippen molar-refractivity contribution >= 4 is 17.3 Å². The third kappa shape index (κ3) is 2.55. The van der Waals surface area contributed by atoms with E-state index in [1.165, 1.54) is 18.9 Å². The Balaban J connectivity index is 1.64. The van der Waals surface area contributed by atoms with Gasteiger partial charge in [-0.25, -0.2) is 4.39 Å². The first-order valence-electron chi connectivity index (χ1n) is 6.18. The van der Waals surface area contributed by atoms with E-state index >= 15 is 0 Å². The van der Waals surface area contributed by atoms with Crippen LogP contribution < -0.4 is 5.32 Å². The summed E-state index contributed by atoms with van der Waals surface area (Å²) in [5.74, 6) is -0.223. The highest BCUT2D eigenvalue weighted by atomic mass is 35.5. The molecule has 1 unspecified atom stereocenters. The smallest absolute Gasteiger partial charge is 0.146 e. The summed E-state index contributed by atoms with van der Waals surface area (Å²) in [5, 5.41) is 3.84. The van der Waals surface area contributed by atoms with Crippen molar-refractivity contribution in [3.8, 4) is 0 Å². The lowest BCUT2D eigenvalue weighted by atomic mass is 10.2. The summed E-state index contributed by atoms with van der Waals surface area (Å²) in [6, 6.07) is 5.80. The molecular formula is C13H16ClFN2. The molecule has 1 aromatic rings. The molecule has 1 aliphatic heterocycles. The molecule has 17 heavy (non-hydrogen) atoms. The van der Waals surface area contributed by atoms with Gasteiger partial charge in [-0.3, -0.25) is 4.90 Å². The van der Waals surface area contributed by atoms with E-state index in [2.05, 4.69) is 10.2 Å². The summed E-state index contributed by atoms with van der Waals surface area (Å²) < 4.78 is 13.6. The van der Waals surface area contributed by atoms with Gasteiger partial charge in [0.25, 0.3) is 0 Å². The molecule has 0 radical (unpaired) electrons. The molecule has 92 valence electrons. The molecule has 1 N–H and O–H groups in total. The predicted molar refractivity (Wildman–Crippen MR) is 68.0 cm³/mol. The molecule has 3 rings (SSSR count). The van der Waals surface area contributed by atoms with E-state index in [1.54, 1.807) is 12.1 Å². The van der Waals surface area contributed by atoms with Crippen LogP contribution in [0.25, 0.3) is 0 Å². The van der Waals surface area contributed by atoms with Gasteiger partial charge in [0.1, 0.15) is 5.82 Å². The van der Waals surface area contributed by atoms with Crippen molar-refractivity contribution in [1.29, 1.82) is 0 Å². The quantitative estimate of drug-likeness (QED) is 0.892. The second-order valence-corrected chi connectivity index (χ2v) is 5.42. The number of nitrogens with one attached hydrogen (secondary N) is 1. The largest absolute Gasteiger partial charge is 0.379 e. The van der Waals surface area contributed by atoms with Crippen LogP contribution in [0.2, 0.25) is 5.02 Å². The Kier molecular flexibility index (Phi) is 2.97. The van der Waals surface area contributed by atoms with E-state index in [4.69, 9.17) is 11.6 Å². The Morgan fingerprint density at radius 1 is 1.29 bits per heavy atom. The van der Waals surface area contributed by atoms with Gasteiger partial charge in [0.2, 0.25) is 0 Å². The van der Waals surface area contributed by atoms with Crippen LogP contribution in [-0.4, -0.2) is 30.1 Å². The van der Waals surface area contributed by atoms with Crippen molar-refractivity contribution in [2.24, 2.45) is 0 Å². The van der Waals surface area contributed by atoms with Crippen LogP contribution in [0.5, 0.6) is 0 Å². The zero-order chi connectivity index (χ0) is 11.8. The molecule has 4 heteroatoms. The molecule has 0 aromatic heterocycles. The number of rotatable bonds is 3. The van der Waals surface area contributed by atoms with E-state index in [9.17, 15) is 4.39 Å². The lowest BCUT2D eigenvalue weighted by Crippen LogP contribution is -2.27.